The van der Waals surface area contributed by atoms with E-state index in [0.29, 0.717) is 12.3 Å². The number of amides is 2. The zero-order valence-corrected chi connectivity index (χ0v) is 10.9. The standard InChI is InChI=1S/C13H22N2O3/c1-9-2-4-15(5-3-9)12(16)8-10-6-11(7-10)14-13(17)18/h9-11,14H,2-8H2,1H3,(H,17,18)/t10-,11+. The van der Waals surface area contributed by atoms with Crippen LogP contribution < -0.4 is 5.32 Å². The Bertz CT molecular complexity index is 318. The van der Waals surface area contributed by atoms with Crippen molar-refractivity contribution in [1.29, 1.82) is 0 Å². The number of nitrogens with one attached hydrogen (secondary N) is 1. The minimum absolute atomic E-state index is 0.0571. The van der Waals surface area contributed by atoms with Crippen LogP contribution in [0.4, 0.5) is 4.79 Å². The molecule has 0 radical (unpaired) electrons. The van der Waals surface area contributed by atoms with Crippen molar-refractivity contribution in [3.8, 4) is 0 Å². The molecule has 1 heterocycles. The Morgan fingerprint density at radius 3 is 2.44 bits per heavy atom. The van der Waals surface area contributed by atoms with Crippen LogP contribution in [0.1, 0.15) is 39.0 Å². The number of likely N-dealkylation sites (tertiary alicyclic amines) is 1. The number of carbonyl (C=O) groups is 2. The fourth-order valence-electron chi connectivity index (χ4n) is 2.83. The monoisotopic (exact) mass is 254 g/mol. The summed E-state index contributed by atoms with van der Waals surface area (Å²) in [6.45, 7) is 4.02. The maximum Gasteiger partial charge on any atom is 0.404 e. The Hall–Kier alpha value is -1.26. The predicted octanol–water partition coefficient (Wildman–Crippen LogP) is 1.68. The van der Waals surface area contributed by atoms with Crippen molar-refractivity contribution >= 4 is 12.0 Å². The van der Waals surface area contributed by atoms with E-state index in [-0.39, 0.29) is 11.9 Å². The van der Waals surface area contributed by atoms with Gasteiger partial charge in [-0.3, -0.25) is 4.79 Å². The van der Waals surface area contributed by atoms with Crippen LogP contribution in [-0.4, -0.2) is 41.1 Å². The van der Waals surface area contributed by atoms with Crippen molar-refractivity contribution in [2.75, 3.05) is 13.1 Å². The summed E-state index contributed by atoms with van der Waals surface area (Å²) in [5.41, 5.74) is 0. The van der Waals surface area contributed by atoms with Crippen LogP contribution in [-0.2, 0) is 4.79 Å². The maximum absolute atomic E-state index is 12.0. The quantitative estimate of drug-likeness (QED) is 0.805. The third-order valence-electron chi connectivity index (χ3n) is 4.16. The molecule has 1 saturated carbocycles. The molecule has 0 spiro atoms. The van der Waals surface area contributed by atoms with Gasteiger partial charge in [-0.1, -0.05) is 6.92 Å². The lowest BCUT2D eigenvalue weighted by Gasteiger charge is -2.37. The molecule has 102 valence electrons. The molecule has 0 aromatic carbocycles. The molecular weight excluding hydrogens is 232 g/mol. The van der Waals surface area contributed by atoms with Crippen LogP contribution in [0.2, 0.25) is 0 Å². The summed E-state index contributed by atoms with van der Waals surface area (Å²) < 4.78 is 0. The van der Waals surface area contributed by atoms with Crippen LogP contribution in [0.15, 0.2) is 0 Å². The van der Waals surface area contributed by atoms with Gasteiger partial charge in [0.2, 0.25) is 5.91 Å². The molecule has 1 aliphatic heterocycles. The summed E-state index contributed by atoms with van der Waals surface area (Å²) in [7, 11) is 0. The number of rotatable bonds is 3. The van der Waals surface area contributed by atoms with Gasteiger partial charge in [-0.15, -0.1) is 0 Å². The van der Waals surface area contributed by atoms with Gasteiger partial charge in [0.25, 0.3) is 0 Å². The van der Waals surface area contributed by atoms with Crippen molar-refractivity contribution in [2.24, 2.45) is 11.8 Å². The third kappa shape index (κ3) is 3.37. The molecule has 5 heteroatoms. The van der Waals surface area contributed by atoms with Crippen LogP contribution in [0.5, 0.6) is 0 Å². The molecule has 2 rings (SSSR count). The van der Waals surface area contributed by atoms with E-state index in [1.807, 2.05) is 4.90 Å². The average Bonchev–Trinajstić information content (AvgIpc) is 2.26. The Morgan fingerprint density at radius 1 is 1.28 bits per heavy atom. The number of carboxylic acid groups (broad SMARTS) is 1. The molecule has 0 unspecified atom stereocenters. The molecule has 0 bridgehead atoms. The van der Waals surface area contributed by atoms with E-state index < -0.39 is 6.09 Å². The molecule has 0 aromatic heterocycles. The molecule has 1 aliphatic carbocycles. The van der Waals surface area contributed by atoms with E-state index >= 15 is 0 Å². The molecule has 18 heavy (non-hydrogen) atoms. The predicted molar refractivity (Wildman–Crippen MR) is 67.3 cm³/mol. The van der Waals surface area contributed by atoms with E-state index in [2.05, 4.69) is 12.2 Å². The van der Waals surface area contributed by atoms with Gasteiger partial charge in [0.1, 0.15) is 0 Å². The first-order chi connectivity index (χ1) is 8.54. The number of carbonyl (C=O) groups excluding carboxylic acids is 1. The fourth-order valence-corrected chi connectivity index (χ4v) is 2.83. The normalized spacial score (nSPS) is 28.6. The van der Waals surface area contributed by atoms with E-state index in [9.17, 15) is 9.59 Å². The smallest absolute Gasteiger partial charge is 0.404 e. The first-order valence-electron chi connectivity index (χ1n) is 6.82. The van der Waals surface area contributed by atoms with E-state index in [0.717, 1.165) is 44.7 Å². The molecule has 2 fully saturated rings. The summed E-state index contributed by atoms with van der Waals surface area (Å²) in [5, 5.41) is 11.0. The van der Waals surface area contributed by atoms with Crippen molar-refractivity contribution in [2.45, 2.75) is 45.1 Å². The van der Waals surface area contributed by atoms with Crippen LogP contribution in [0, 0.1) is 11.8 Å². The van der Waals surface area contributed by atoms with Gasteiger partial charge >= 0.3 is 6.09 Å². The van der Waals surface area contributed by atoms with Crippen molar-refractivity contribution in [3.05, 3.63) is 0 Å². The molecule has 2 amide bonds. The van der Waals surface area contributed by atoms with Crippen LogP contribution in [0.25, 0.3) is 0 Å². The third-order valence-corrected chi connectivity index (χ3v) is 4.16. The zero-order chi connectivity index (χ0) is 13.1. The van der Waals surface area contributed by atoms with Gasteiger partial charge in [0.05, 0.1) is 0 Å². The largest absolute Gasteiger partial charge is 0.465 e. The topological polar surface area (TPSA) is 69.6 Å². The van der Waals surface area contributed by atoms with E-state index in [1.165, 1.54) is 0 Å². The Morgan fingerprint density at radius 2 is 1.89 bits per heavy atom. The molecular formula is C13H22N2O3. The second-order valence-corrected chi connectivity index (χ2v) is 5.75. The summed E-state index contributed by atoms with van der Waals surface area (Å²) in [6.07, 6.45) is 3.46. The van der Waals surface area contributed by atoms with Gasteiger partial charge in [-0.2, -0.15) is 0 Å². The summed E-state index contributed by atoms with van der Waals surface area (Å²) >= 11 is 0. The van der Waals surface area contributed by atoms with E-state index in [4.69, 9.17) is 5.11 Å². The van der Waals surface area contributed by atoms with E-state index in [1.54, 1.807) is 0 Å². The highest BCUT2D eigenvalue weighted by molar-refractivity contribution is 5.76. The Kier molecular flexibility index (Phi) is 4.09. The summed E-state index contributed by atoms with van der Waals surface area (Å²) in [4.78, 5) is 24.4. The summed E-state index contributed by atoms with van der Waals surface area (Å²) in [5.74, 6) is 1.36. The van der Waals surface area contributed by atoms with Gasteiger partial charge in [-0.05, 0) is 37.5 Å². The lowest BCUT2D eigenvalue weighted by atomic mass is 9.78. The fraction of sp³-hybridized carbons (Fsp3) is 0.846. The van der Waals surface area contributed by atoms with Crippen molar-refractivity contribution < 1.29 is 14.7 Å². The second-order valence-electron chi connectivity index (χ2n) is 5.75. The van der Waals surface area contributed by atoms with Crippen LogP contribution >= 0.6 is 0 Å². The molecule has 1 saturated heterocycles. The minimum Gasteiger partial charge on any atom is -0.465 e. The Labute approximate surface area is 108 Å². The number of hydrogen-bond donors (Lipinski definition) is 2. The number of hydrogen-bond acceptors (Lipinski definition) is 2. The first kappa shape index (κ1) is 13.2. The summed E-state index contributed by atoms with van der Waals surface area (Å²) in [6, 6.07) is 0.0571. The average molecular weight is 254 g/mol. The molecule has 5 nitrogen and oxygen atoms in total. The number of nitrogens with zero attached hydrogens (tertiary/aromatic N) is 1. The molecule has 2 aliphatic rings. The van der Waals surface area contributed by atoms with Gasteiger partial charge in [0, 0.05) is 25.6 Å². The van der Waals surface area contributed by atoms with Gasteiger partial charge in [-0.25, -0.2) is 4.79 Å². The number of piperidine rings is 1. The maximum atomic E-state index is 12.0. The second kappa shape index (κ2) is 5.59. The molecule has 2 N–H and O–H groups in total. The first-order valence-corrected chi connectivity index (χ1v) is 6.82. The minimum atomic E-state index is -0.963. The van der Waals surface area contributed by atoms with Crippen molar-refractivity contribution in [3.63, 3.8) is 0 Å². The lowest BCUT2D eigenvalue weighted by Crippen LogP contribution is -2.46. The van der Waals surface area contributed by atoms with Gasteiger partial charge < -0.3 is 15.3 Å². The Balaban J connectivity index is 1.65. The highest BCUT2D eigenvalue weighted by atomic mass is 16.4. The van der Waals surface area contributed by atoms with Crippen LogP contribution in [0.3, 0.4) is 0 Å². The highest BCUT2D eigenvalue weighted by Crippen LogP contribution is 2.31. The SMILES string of the molecule is CC1CCN(C(=O)C[C@H]2C[C@@H](NC(=O)O)C2)CC1. The van der Waals surface area contributed by atoms with Crippen molar-refractivity contribution in [1.82, 2.24) is 10.2 Å². The lowest BCUT2D eigenvalue weighted by molar-refractivity contribution is -0.134. The highest BCUT2D eigenvalue weighted by Gasteiger charge is 2.33. The van der Waals surface area contributed by atoms with Gasteiger partial charge in [0.15, 0.2) is 0 Å². The molecule has 0 atom stereocenters. The zero-order valence-electron chi connectivity index (χ0n) is 10.9. The molecule has 0 aromatic rings.